The predicted octanol–water partition coefficient (Wildman–Crippen LogP) is 3.95. The summed E-state index contributed by atoms with van der Waals surface area (Å²) >= 11 is 0. The van der Waals surface area contributed by atoms with E-state index in [4.69, 9.17) is 0 Å². The van der Waals surface area contributed by atoms with Crippen LogP contribution in [0.3, 0.4) is 0 Å². The van der Waals surface area contributed by atoms with Crippen molar-refractivity contribution in [3.05, 3.63) is 65.5 Å². The Labute approximate surface area is 147 Å². The molecular weight excluding hydrogens is 319 g/mol. The second-order valence-corrected chi connectivity index (χ2v) is 6.34. The number of ketones is 1. The van der Waals surface area contributed by atoms with E-state index in [9.17, 15) is 14.0 Å². The summed E-state index contributed by atoms with van der Waals surface area (Å²) in [6.45, 7) is 5.71. The van der Waals surface area contributed by atoms with Crippen LogP contribution < -0.4 is 10.6 Å². The van der Waals surface area contributed by atoms with E-state index >= 15 is 0 Å². The molecule has 0 radical (unpaired) electrons. The molecule has 2 N–H and O–H groups in total. The van der Waals surface area contributed by atoms with E-state index in [1.165, 1.54) is 19.1 Å². The summed E-state index contributed by atoms with van der Waals surface area (Å²) in [5.41, 5.74) is 2.18. The third-order valence-electron chi connectivity index (χ3n) is 3.95. The van der Waals surface area contributed by atoms with E-state index < -0.39 is 0 Å². The van der Waals surface area contributed by atoms with E-state index in [2.05, 4.69) is 10.6 Å². The molecule has 2 rings (SSSR count). The van der Waals surface area contributed by atoms with Crippen molar-refractivity contribution >= 4 is 17.4 Å². The Morgan fingerprint density at radius 2 is 1.60 bits per heavy atom. The highest BCUT2D eigenvalue weighted by atomic mass is 19.1. The molecule has 2 aromatic carbocycles. The SMILES string of the molecule is CC(=O)c1ccc(NC(=O)CN[C@@H](c2ccc(F)cc2)C(C)C)cc1. The predicted molar refractivity (Wildman–Crippen MR) is 97.1 cm³/mol. The van der Waals surface area contributed by atoms with Gasteiger partial charge in [0.1, 0.15) is 5.82 Å². The highest BCUT2D eigenvalue weighted by Crippen LogP contribution is 2.21. The van der Waals surface area contributed by atoms with Crippen molar-refractivity contribution in [3.63, 3.8) is 0 Å². The second kappa shape index (κ2) is 8.53. The molecule has 0 bridgehead atoms. The summed E-state index contributed by atoms with van der Waals surface area (Å²) in [5, 5.41) is 6.01. The Bertz CT molecular complexity index is 724. The van der Waals surface area contributed by atoms with Gasteiger partial charge >= 0.3 is 0 Å². The summed E-state index contributed by atoms with van der Waals surface area (Å²) in [6, 6.07) is 13.0. The quantitative estimate of drug-likeness (QED) is 0.749. The summed E-state index contributed by atoms with van der Waals surface area (Å²) in [6.07, 6.45) is 0. The topological polar surface area (TPSA) is 58.2 Å². The lowest BCUT2D eigenvalue weighted by Gasteiger charge is -2.22. The van der Waals surface area contributed by atoms with Gasteiger partial charge in [-0.25, -0.2) is 4.39 Å². The maximum atomic E-state index is 13.1. The van der Waals surface area contributed by atoms with Crippen LogP contribution in [-0.2, 0) is 4.79 Å². The van der Waals surface area contributed by atoms with Gasteiger partial charge in [0.2, 0.25) is 5.91 Å². The number of carbonyl (C=O) groups excluding carboxylic acids is 2. The molecule has 1 amide bonds. The Kier molecular flexibility index (Phi) is 6.42. The van der Waals surface area contributed by atoms with E-state index in [1.807, 2.05) is 13.8 Å². The van der Waals surface area contributed by atoms with Gasteiger partial charge in [-0.05, 0) is 54.8 Å². The Morgan fingerprint density at radius 1 is 1.00 bits per heavy atom. The molecule has 132 valence electrons. The molecule has 25 heavy (non-hydrogen) atoms. The number of nitrogens with one attached hydrogen (secondary N) is 2. The van der Waals surface area contributed by atoms with Crippen LogP contribution in [0.4, 0.5) is 10.1 Å². The number of rotatable bonds is 7. The molecule has 0 unspecified atom stereocenters. The number of hydrogen-bond donors (Lipinski definition) is 2. The van der Waals surface area contributed by atoms with Gasteiger partial charge in [-0.15, -0.1) is 0 Å². The van der Waals surface area contributed by atoms with Gasteiger partial charge in [-0.3, -0.25) is 9.59 Å². The molecule has 0 saturated carbocycles. The van der Waals surface area contributed by atoms with Crippen LogP contribution in [0.25, 0.3) is 0 Å². The average molecular weight is 342 g/mol. The maximum Gasteiger partial charge on any atom is 0.238 e. The number of Topliss-reactive ketones (excluding diaryl/α,β-unsaturated/α-hetero) is 1. The zero-order valence-electron chi connectivity index (χ0n) is 14.7. The van der Waals surface area contributed by atoms with E-state index in [1.54, 1.807) is 36.4 Å². The third-order valence-corrected chi connectivity index (χ3v) is 3.95. The number of amides is 1. The van der Waals surface area contributed by atoms with Gasteiger partial charge in [-0.1, -0.05) is 26.0 Å². The minimum Gasteiger partial charge on any atom is -0.325 e. The van der Waals surface area contributed by atoms with Gasteiger partial charge in [-0.2, -0.15) is 0 Å². The molecule has 0 spiro atoms. The smallest absolute Gasteiger partial charge is 0.238 e. The summed E-state index contributed by atoms with van der Waals surface area (Å²) in [4.78, 5) is 23.4. The van der Waals surface area contributed by atoms with Crippen molar-refractivity contribution in [3.8, 4) is 0 Å². The van der Waals surface area contributed by atoms with Gasteiger partial charge in [0, 0.05) is 17.3 Å². The summed E-state index contributed by atoms with van der Waals surface area (Å²) < 4.78 is 13.1. The molecule has 2 aromatic rings. The van der Waals surface area contributed by atoms with Crippen molar-refractivity contribution in [1.82, 2.24) is 5.32 Å². The van der Waals surface area contributed by atoms with Gasteiger partial charge in [0.25, 0.3) is 0 Å². The van der Waals surface area contributed by atoms with Crippen molar-refractivity contribution in [2.45, 2.75) is 26.8 Å². The van der Waals surface area contributed by atoms with Crippen LogP contribution in [0.15, 0.2) is 48.5 Å². The molecule has 0 saturated heterocycles. The first-order valence-corrected chi connectivity index (χ1v) is 8.26. The summed E-state index contributed by atoms with van der Waals surface area (Å²) in [7, 11) is 0. The summed E-state index contributed by atoms with van der Waals surface area (Å²) in [5.74, 6) is -0.229. The largest absolute Gasteiger partial charge is 0.325 e. The zero-order valence-corrected chi connectivity index (χ0v) is 14.7. The first-order chi connectivity index (χ1) is 11.9. The Morgan fingerprint density at radius 3 is 2.12 bits per heavy atom. The molecule has 0 fully saturated rings. The minimum atomic E-state index is -0.280. The van der Waals surface area contributed by atoms with Gasteiger partial charge in [0.05, 0.1) is 6.54 Å². The van der Waals surface area contributed by atoms with E-state index in [0.717, 1.165) is 5.56 Å². The first kappa shape index (κ1) is 18.8. The van der Waals surface area contributed by atoms with Crippen molar-refractivity contribution in [2.75, 3.05) is 11.9 Å². The lowest BCUT2D eigenvalue weighted by molar-refractivity contribution is -0.115. The average Bonchev–Trinajstić information content (AvgIpc) is 2.57. The lowest BCUT2D eigenvalue weighted by Crippen LogP contribution is -2.33. The Hall–Kier alpha value is -2.53. The fraction of sp³-hybridized carbons (Fsp3) is 0.300. The third kappa shape index (κ3) is 5.50. The van der Waals surface area contributed by atoms with Crippen LogP contribution >= 0.6 is 0 Å². The molecule has 0 aliphatic rings. The minimum absolute atomic E-state index is 0.0152. The van der Waals surface area contributed by atoms with Crippen molar-refractivity contribution in [2.24, 2.45) is 5.92 Å². The molecule has 0 aliphatic carbocycles. The molecule has 0 aliphatic heterocycles. The van der Waals surface area contributed by atoms with Crippen LogP contribution in [0.1, 0.15) is 42.7 Å². The normalized spacial score (nSPS) is 12.0. The fourth-order valence-corrected chi connectivity index (χ4v) is 2.60. The molecule has 4 nitrogen and oxygen atoms in total. The van der Waals surface area contributed by atoms with E-state index in [-0.39, 0.29) is 36.0 Å². The van der Waals surface area contributed by atoms with Crippen LogP contribution in [0.5, 0.6) is 0 Å². The highest BCUT2D eigenvalue weighted by Gasteiger charge is 2.16. The highest BCUT2D eigenvalue weighted by molar-refractivity contribution is 5.96. The van der Waals surface area contributed by atoms with E-state index in [0.29, 0.717) is 11.3 Å². The first-order valence-electron chi connectivity index (χ1n) is 8.26. The number of anilines is 1. The molecule has 5 heteroatoms. The number of benzene rings is 2. The molecule has 0 heterocycles. The van der Waals surface area contributed by atoms with Crippen LogP contribution in [0, 0.1) is 11.7 Å². The van der Waals surface area contributed by atoms with Crippen molar-refractivity contribution in [1.29, 1.82) is 0 Å². The van der Waals surface area contributed by atoms with Gasteiger partial charge < -0.3 is 10.6 Å². The van der Waals surface area contributed by atoms with Crippen LogP contribution in [-0.4, -0.2) is 18.2 Å². The molecule has 0 aromatic heterocycles. The zero-order chi connectivity index (χ0) is 18.4. The van der Waals surface area contributed by atoms with Crippen LogP contribution in [0.2, 0.25) is 0 Å². The molecule has 1 atom stereocenters. The second-order valence-electron chi connectivity index (χ2n) is 6.34. The number of carbonyl (C=O) groups is 2. The molecular formula is C20H23FN2O2. The lowest BCUT2D eigenvalue weighted by atomic mass is 9.96. The fourth-order valence-electron chi connectivity index (χ4n) is 2.60. The Balaban J connectivity index is 1.94. The number of hydrogen-bond acceptors (Lipinski definition) is 3. The van der Waals surface area contributed by atoms with Crippen molar-refractivity contribution < 1.29 is 14.0 Å². The maximum absolute atomic E-state index is 13.1. The monoisotopic (exact) mass is 342 g/mol. The van der Waals surface area contributed by atoms with Gasteiger partial charge in [0.15, 0.2) is 5.78 Å². The number of halogens is 1. The standard InChI is InChI=1S/C20H23FN2O2/c1-13(2)20(16-4-8-17(21)9-5-16)22-12-19(25)23-18-10-6-15(7-11-18)14(3)24/h4-11,13,20,22H,12H2,1-3H3,(H,23,25)/t20-/m1/s1.